The molecule has 0 saturated heterocycles. The lowest BCUT2D eigenvalue weighted by Gasteiger charge is -2.04. The van der Waals surface area contributed by atoms with Gasteiger partial charge < -0.3 is 0 Å². The third kappa shape index (κ3) is 2.46. The van der Waals surface area contributed by atoms with Gasteiger partial charge in [-0.05, 0) is 47.5 Å². The first kappa shape index (κ1) is 12.8. The fraction of sp³-hybridized carbons (Fsp3) is 0.154. The number of carbonyl (C=O) groups excluding carboxylic acids is 1. The van der Waals surface area contributed by atoms with Crippen molar-refractivity contribution in [2.24, 2.45) is 0 Å². The van der Waals surface area contributed by atoms with Crippen LogP contribution in [0.1, 0.15) is 25.7 Å². The van der Waals surface area contributed by atoms with Crippen molar-refractivity contribution >= 4 is 44.7 Å². The fourth-order valence-corrected chi connectivity index (χ4v) is 3.22. The first-order chi connectivity index (χ1) is 8.00. The second kappa shape index (κ2) is 4.92. The third-order valence-electron chi connectivity index (χ3n) is 2.59. The van der Waals surface area contributed by atoms with Crippen molar-refractivity contribution in [1.82, 2.24) is 0 Å². The predicted octanol–water partition coefficient (Wildman–Crippen LogP) is 5.01. The van der Waals surface area contributed by atoms with Crippen LogP contribution in [0.5, 0.6) is 0 Å². The van der Waals surface area contributed by atoms with Crippen LogP contribution in [-0.4, -0.2) is 5.78 Å². The van der Waals surface area contributed by atoms with E-state index < -0.39 is 0 Å². The lowest BCUT2D eigenvalue weighted by Crippen LogP contribution is -2.01. The van der Waals surface area contributed by atoms with Crippen molar-refractivity contribution in [3.8, 4) is 0 Å². The number of thiophene rings is 1. The molecule has 17 heavy (non-hydrogen) atoms. The predicted molar refractivity (Wildman–Crippen MR) is 76.4 cm³/mol. The first-order valence-corrected chi connectivity index (χ1v) is 7.05. The Kier molecular flexibility index (Phi) is 3.71. The Morgan fingerprint density at radius 3 is 2.65 bits per heavy atom. The van der Waals surface area contributed by atoms with Crippen LogP contribution in [0.25, 0.3) is 0 Å². The highest BCUT2D eigenvalue weighted by atomic mass is 79.9. The largest absolute Gasteiger partial charge is 0.288 e. The summed E-state index contributed by atoms with van der Waals surface area (Å²) in [5.41, 5.74) is 1.51. The Morgan fingerprint density at radius 2 is 2.06 bits per heavy atom. The van der Waals surface area contributed by atoms with Gasteiger partial charge in [-0.3, -0.25) is 4.79 Å². The number of hydrogen-bond donors (Lipinski definition) is 0. The molecular formula is C13H10BrClOS. The lowest BCUT2D eigenvalue weighted by atomic mass is 10.0. The van der Waals surface area contributed by atoms with Crippen molar-refractivity contribution in [3.05, 3.63) is 54.6 Å². The molecule has 0 unspecified atom stereocenters. The summed E-state index contributed by atoms with van der Waals surface area (Å²) in [6, 6.07) is 7.27. The number of aryl methyl sites for hydroxylation is 1. The van der Waals surface area contributed by atoms with E-state index in [2.05, 4.69) is 15.9 Å². The van der Waals surface area contributed by atoms with Gasteiger partial charge in [0, 0.05) is 19.9 Å². The molecule has 1 nitrogen and oxygen atoms in total. The molecule has 0 aliphatic heterocycles. The van der Waals surface area contributed by atoms with E-state index in [1.165, 1.54) is 11.3 Å². The van der Waals surface area contributed by atoms with Gasteiger partial charge in [-0.1, -0.05) is 23.7 Å². The number of carbonyl (C=O) groups is 1. The van der Waals surface area contributed by atoms with E-state index >= 15 is 0 Å². The van der Waals surface area contributed by atoms with Gasteiger partial charge in [0.1, 0.15) is 0 Å². The van der Waals surface area contributed by atoms with Crippen LogP contribution < -0.4 is 0 Å². The SMILES string of the molecule is Cc1sc(C(=O)c2cccc(Cl)c2C)cc1Br. The number of hydrogen-bond acceptors (Lipinski definition) is 2. The lowest BCUT2D eigenvalue weighted by molar-refractivity contribution is 0.104. The molecule has 2 rings (SSSR count). The van der Waals surface area contributed by atoms with Crippen LogP contribution in [0.4, 0.5) is 0 Å². The van der Waals surface area contributed by atoms with Crippen LogP contribution in [0, 0.1) is 13.8 Å². The molecular weight excluding hydrogens is 320 g/mol. The standard InChI is InChI=1S/C13H10BrClOS/c1-7-9(4-3-5-11(7)15)13(16)12-6-10(14)8(2)17-12/h3-6H,1-2H3. The molecule has 0 N–H and O–H groups in total. The zero-order valence-corrected chi connectivity index (χ0v) is 12.5. The minimum Gasteiger partial charge on any atom is -0.288 e. The highest BCUT2D eigenvalue weighted by Gasteiger charge is 2.16. The van der Waals surface area contributed by atoms with Crippen molar-refractivity contribution in [2.75, 3.05) is 0 Å². The maximum absolute atomic E-state index is 12.3. The Hall–Kier alpha value is -0.640. The molecule has 88 valence electrons. The Balaban J connectivity index is 2.47. The number of benzene rings is 1. The number of rotatable bonds is 2. The van der Waals surface area contributed by atoms with Gasteiger partial charge in [-0.15, -0.1) is 11.3 Å². The zero-order chi connectivity index (χ0) is 12.6. The maximum atomic E-state index is 12.3. The van der Waals surface area contributed by atoms with Crippen LogP contribution >= 0.6 is 38.9 Å². The summed E-state index contributed by atoms with van der Waals surface area (Å²) < 4.78 is 0.977. The third-order valence-corrected chi connectivity index (χ3v) is 5.14. The minimum atomic E-state index is 0.0313. The summed E-state index contributed by atoms with van der Waals surface area (Å²) in [5.74, 6) is 0.0313. The quantitative estimate of drug-likeness (QED) is 0.708. The van der Waals surface area contributed by atoms with Gasteiger partial charge >= 0.3 is 0 Å². The minimum absolute atomic E-state index is 0.0313. The molecule has 2 aromatic rings. The Morgan fingerprint density at radius 1 is 1.35 bits per heavy atom. The second-order valence-electron chi connectivity index (χ2n) is 3.76. The summed E-state index contributed by atoms with van der Waals surface area (Å²) >= 11 is 10.9. The number of halogens is 2. The maximum Gasteiger partial charge on any atom is 0.203 e. The zero-order valence-electron chi connectivity index (χ0n) is 9.38. The monoisotopic (exact) mass is 328 g/mol. The van der Waals surface area contributed by atoms with Gasteiger partial charge in [-0.2, -0.15) is 0 Å². The Bertz CT molecular complexity index is 570. The normalized spacial score (nSPS) is 10.6. The first-order valence-electron chi connectivity index (χ1n) is 5.06. The molecule has 0 fully saturated rings. The molecule has 1 aromatic heterocycles. The average molecular weight is 330 g/mol. The van der Waals surface area contributed by atoms with Gasteiger partial charge in [0.05, 0.1) is 4.88 Å². The summed E-state index contributed by atoms with van der Waals surface area (Å²) in [7, 11) is 0. The van der Waals surface area contributed by atoms with Crippen molar-refractivity contribution in [3.63, 3.8) is 0 Å². The molecule has 0 aliphatic carbocycles. The van der Waals surface area contributed by atoms with E-state index in [1.54, 1.807) is 12.1 Å². The fourth-order valence-electron chi connectivity index (χ4n) is 1.56. The van der Waals surface area contributed by atoms with Gasteiger partial charge in [0.25, 0.3) is 0 Å². The molecule has 4 heteroatoms. The summed E-state index contributed by atoms with van der Waals surface area (Å²) in [6.45, 7) is 3.85. The van der Waals surface area contributed by atoms with Gasteiger partial charge in [0.15, 0.2) is 0 Å². The summed E-state index contributed by atoms with van der Waals surface area (Å²) in [4.78, 5) is 14.2. The van der Waals surface area contributed by atoms with Crippen molar-refractivity contribution < 1.29 is 4.79 Å². The molecule has 0 saturated carbocycles. The van der Waals surface area contributed by atoms with Crippen LogP contribution in [-0.2, 0) is 0 Å². The van der Waals surface area contributed by atoms with Crippen LogP contribution in [0.2, 0.25) is 5.02 Å². The van der Waals surface area contributed by atoms with E-state index in [9.17, 15) is 4.79 Å². The highest BCUT2D eigenvalue weighted by molar-refractivity contribution is 9.10. The molecule has 0 radical (unpaired) electrons. The van der Waals surface area contributed by atoms with E-state index in [-0.39, 0.29) is 5.78 Å². The second-order valence-corrected chi connectivity index (χ2v) is 6.27. The van der Waals surface area contributed by atoms with Gasteiger partial charge in [-0.25, -0.2) is 0 Å². The molecule has 0 amide bonds. The molecule has 1 aromatic carbocycles. The van der Waals surface area contributed by atoms with Crippen molar-refractivity contribution in [1.29, 1.82) is 0 Å². The van der Waals surface area contributed by atoms with E-state index in [1.807, 2.05) is 26.0 Å². The number of ketones is 1. The van der Waals surface area contributed by atoms with E-state index in [0.29, 0.717) is 10.6 Å². The summed E-state index contributed by atoms with van der Waals surface area (Å²) in [5, 5.41) is 0.628. The van der Waals surface area contributed by atoms with Crippen LogP contribution in [0.15, 0.2) is 28.7 Å². The highest BCUT2D eigenvalue weighted by Crippen LogP contribution is 2.29. The van der Waals surface area contributed by atoms with E-state index in [0.717, 1.165) is 19.8 Å². The molecule has 0 aliphatic rings. The molecule has 1 heterocycles. The topological polar surface area (TPSA) is 17.1 Å². The van der Waals surface area contributed by atoms with Crippen LogP contribution in [0.3, 0.4) is 0 Å². The molecule has 0 atom stereocenters. The molecule has 0 spiro atoms. The van der Waals surface area contributed by atoms with Gasteiger partial charge in [0.2, 0.25) is 5.78 Å². The average Bonchev–Trinajstić information content (AvgIpc) is 2.62. The smallest absolute Gasteiger partial charge is 0.203 e. The summed E-state index contributed by atoms with van der Waals surface area (Å²) in [6.07, 6.45) is 0. The molecule has 0 bridgehead atoms. The van der Waals surface area contributed by atoms with E-state index in [4.69, 9.17) is 11.6 Å². The van der Waals surface area contributed by atoms with Crippen molar-refractivity contribution in [2.45, 2.75) is 13.8 Å². The Labute approximate surface area is 118 Å².